The van der Waals surface area contributed by atoms with Crippen molar-refractivity contribution in [2.75, 3.05) is 33.9 Å². The zero-order chi connectivity index (χ0) is 15.0. The summed E-state index contributed by atoms with van der Waals surface area (Å²) in [6.45, 7) is 6.01. The fraction of sp³-hybridized carbons (Fsp3) is 0.538. The molecule has 0 aromatic carbocycles. The van der Waals surface area contributed by atoms with Crippen LogP contribution in [0.2, 0.25) is 0 Å². The zero-order valence-electron chi connectivity index (χ0n) is 12.0. The second kappa shape index (κ2) is 8.21. The van der Waals surface area contributed by atoms with E-state index in [-0.39, 0.29) is 5.09 Å². The predicted molar refractivity (Wildman–Crippen MR) is 76.9 cm³/mol. The van der Waals surface area contributed by atoms with Crippen LogP contribution in [0.5, 0.6) is 0 Å². The smallest absolute Gasteiger partial charge is 0.275 e. The van der Waals surface area contributed by atoms with E-state index in [1.54, 1.807) is 6.07 Å². The molecule has 0 saturated carbocycles. The highest BCUT2D eigenvalue weighted by Gasteiger charge is 2.21. The van der Waals surface area contributed by atoms with Crippen molar-refractivity contribution in [3.05, 3.63) is 30.5 Å². The first-order chi connectivity index (χ1) is 9.48. The Balaban J connectivity index is 2.33. The maximum absolute atomic E-state index is 11.8. The molecule has 0 spiro atoms. The van der Waals surface area contributed by atoms with Crippen molar-refractivity contribution < 1.29 is 17.6 Å². The normalized spacial score (nSPS) is 11.9. The van der Waals surface area contributed by atoms with Gasteiger partial charge in [-0.3, -0.25) is 0 Å². The van der Waals surface area contributed by atoms with Crippen LogP contribution in [0, 0.1) is 0 Å². The van der Waals surface area contributed by atoms with Crippen molar-refractivity contribution in [3.8, 4) is 0 Å². The monoisotopic (exact) mass is 302 g/mol. The third-order valence-electron chi connectivity index (χ3n) is 2.56. The maximum atomic E-state index is 11.8. The topological polar surface area (TPSA) is 71.8 Å². The summed E-state index contributed by atoms with van der Waals surface area (Å²) in [5, 5.41) is 3.08. The van der Waals surface area contributed by atoms with Gasteiger partial charge in [0, 0.05) is 20.6 Å². The lowest BCUT2D eigenvalue weighted by Crippen LogP contribution is -2.21. The second-order valence-electron chi connectivity index (χ2n) is 4.37. The fourth-order valence-electron chi connectivity index (χ4n) is 1.40. The van der Waals surface area contributed by atoms with Gasteiger partial charge in [-0.05, 0) is 18.6 Å². The molecular formula is C13H22N2O4S. The second-order valence-corrected chi connectivity index (χ2v) is 6.46. The first-order valence-electron chi connectivity index (χ1n) is 6.39. The van der Waals surface area contributed by atoms with Gasteiger partial charge in [0.1, 0.15) is 5.76 Å². The first kappa shape index (κ1) is 16.9. The predicted octanol–water partition coefficient (Wildman–Crippen LogP) is 1.21. The van der Waals surface area contributed by atoms with Gasteiger partial charge in [0.05, 0.1) is 19.8 Å². The average molecular weight is 302 g/mol. The van der Waals surface area contributed by atoms with Gasteiger partial charge >= 0.3 is 0 Å². The molecule has 6 nitrogen and oxygen atoms in total. The third kappa shape index (κ3) is 5.09. The van der Waals surface area contributed by atoms with E-state index < -0.39 is 10.0 Å². The molecule has 0 fully saturated rings. The minimum Gasteiger partial charge on any atom is -0.447 e. The summed E-state index contributed by atoms with van der Waals surface area (Å²) in [7, 11) is -0.560. The molecule has 0 amide bonds. The summed E-state index contributed by atoms with van der Waals surface area (Å²) in [6, 6.07) is 3.12. The lowest BCUT2D eigenvalue weighted by molar-refractivity contribution is 0.140. The quantitative estimate of drug-likeness (QED) is 0.519. The lowest BCUT2D eigenvalue weighted by Gasteiger charge is -2.08. The van der Waals surface area contributed by atoms with Crippen molar-refractivity contribution in [1.82, 2.24) is 9.62 Å². The molecule has 1 aromatic rings. The van der Waals surface area contributed by atoms with Gasteiger partial charge in [-0.2, -0.15) is 0 Å². The van der Waals surface area contributed by atoms with E-state index in [1.807, 2.05) is 6.08 Å². The Morgan fingerprint density at radius 3 is 2.80 bits per heavy atom. The maximum Gasteiger partial charge on any atom is 0.275 e. The summed E-state index contributed by atoms with van der Waals surface area (Å²) in [6.07, 6.45) is 2.65. The minimum atomic E-state index is -3.50. The number of nitrogens with one attached hydrogen (secondary N) is 1. The molecule has 0 aliphatic rings. The van der Waals surface area contributed by atoms with Crippen molar-refractivity contribution in [1.29, 1.82) is 0 Å². The summed E-state index contributed by atoms with van der Waals surface area (Å²) in [5.41, 5.74) is 0. The molecule has 7 heteroatoms. The molecule has 0 saturated heterocycles. The molecule has 0 radical (unpaired) electrons. The highest BCUT2D eigenvalue weighted by atomic mass is 32.2. The van der Waals surface area contributed by atoms with Gasteiger partial charge in [-0.1, -0.05) is 6.08 Å². The van der Waals surface area contributed by atoms with Crippen LogP contribution in [0.4, 0.5) is 0 Å². The molecule has 0 aliphatic heterocycles. The van der Waals surface area contributed by atoms with E-state index >= 15 is 0 Å². The van der Waals surface area contributed by atoms with Crippen LogP contribution in [0.15, 0.2) is 34.3 Å². The molecule has 1 heterocycles. The number of hydrogen-bond donors (Lipinski definition) is 1. The van der Waals surface area contributed by atoms with E-state index in [0.717, 1.165) is 10.7 Å². The Labute approximate surface area is 120 Å². The molecule has 114 valence electrons. The van der Waals surface area contributed by atoms with Crippen LogP contribution in [-0.2, 0) is 21.3 Å². The molecule has 0 aliphatic carbocycles. The standard InChI is InChI=1S/C13H22N2O4S/c1-4-5-9-18-10-8-14-11-12-6-7-13(19-12)20(16,17)15(2)3/h4,6-7,14H,1,5,8-11H2,2-3H3. The Hall–Kier alpha value is -1.15. The highest BCUT2D eigenvalue weighted by molar-refractivity contribution is 7.88. The van der Waals surface area contributed by atoms with E-state index in [9.17, 15) is 8.42 Å². The summed E-state index contributed by atoms with van der Waals surface area (Å²) < 4.78 is 35.4. The molecule has 0 bridgehead atoms. The molecule has 20 heavy (non-hydrogen) atoms. The molecule has 0 atom stereocenters. The van der Waals surface area contributed by atoms with Crippen LogP contribution in [-0.4, -0.2) is 46.6 Å². The third-order valence-corrected chi connectivity index (χ3v) is 4.25. The molecular weight excluding hydrogens is 280 g/mol. The molecule has 0 unspecified atom stereocenters. The Bertz CT molecular complexity index is 508. The minimum absolute atomic E-state index is 0.0402. The van der Waals surface area contributed by atoms with Gasteiger partial charge in [0.2, 0.25) is 5.09 Å². The van der Waals surface area contributed by atoms with Crippen LogP contribution >= 0.6 is 0 Å². The number of rotatable bonds is 10. The van der Waals surface area contributed by atoms with Gasteiger partial charge in [-0.25, -0.2) is 12.7 Å². The summed E-state index contributed by atoms with van der Waals surface area (Å²) in [4.78, 5) is 0. The average Bonchev–Trinajstić information content (AvgIpc) is 2.87. The van der Waals surface area contributed by atoms with Gasteiger partial charge in [0.15, 0.2) is 0 Å². The van der Waals surface area contributed by atoms with Crippen LogP contribution in [0.3, 0.4) is 0 Å². The first-order valence-corrected chi connectivity index (χ1v) is 7.83. The molecule has 1 rings (SSSR count). The largest absolute Gasteiger partial charge is 0.447 e. The highest BCUT2D eigenvalue weighted by Crippen LogP contribution is 2.16. The lowest BCUT2D eigenvalue weighted by atomic mass is 10.4. The SMILES string of the molecule is C=CCCOCCNCc1ccc(S(=O)(=O)N(C)C)o1. The van der Waals surface area contributed by atoms with Crippen molar-refractivity contribution in [2.24, 2.45) is 0 Å². The number of furan rings is 1. The van der Waals surface area contributed by atoms with Gasteiger partial charge in [-0.15, -0.1) is 6.58 Å². The van der Waals surface area contributed by atoms with Crippen molar-refractivity contribution in [3.63, 3.8) is 0 Å². The Morgan fingerprint density at radius 2 is 2.15 bits per heavy atom. The van der Waals surface area contributed by atoms with Crippen molar-refractivity contribution >= 4 is 10.0 Å². The van der Waals surface area contributed by atoms with Gasteiger partial charge < -0.3 is 14.5 Å². The molecule has 1 aromatic heterocycles. The summed E-state index contributed by atoms with van der Waals surface area (Å²) >= 11 is 0. The zero-order valence-corrected chi connectivity index (χ0v) is 12.8. The number of sulfonamides is 1. The Morgan fingerprint density at radius 1 is 1.40 bits per heavy atom. The van der Waals surface area contributed by atoms with Gasteiger partial charge in [0.25, 0.3) is 10.0 Å². The van der Waals surface area contributed by atoms with Crippen LogP contribution < -0.4 is 5.32 Å². The van der Waals surface area contributed by atoms with E-state index in [4.69, 9.17) is 9.15 Å². The number of ether oxygens (including phenoxy) is 1. The van der Waals surface area contributed by atoms with E-state index in [2.05, 4.69) is 11.9 Å². The van der Waals surface area contributed by atoms with E-state index in [1.165, 1.54) is 20.2 Å². The van der Waals surface area contributed by atoms with Crippen molar-refractivity contribution in [2.45, 2.75) is 18.1 Å². The van der Waals surface area contributed by atoms with Crippen LogP contribution in [0.25, 0.3) is 0 Å². The Kier molecular flexibility index (Phi) is 6.94. The number of nitrogens with zero attached hydrogens (tertiary/aromatic N) is 1. The fourth-order valence-corrected chi connectivity index (χ4v) is 2.21. The van der Waals surface area contributed by atoms with E-state index in [0.29, 0.717) is 32.1 Å². The molecule has 1 N–H and O–H groups in total. The van der Waals surface area contributed by atoms with Crippen LogP contribution in [0.1, 0.15) is 12.2 Å². The summed E-state index contributed by atoms with van der Waals surface area (Å²) in [5.74, 6) is 0.580. The number of hydrogen-bond acceptors (Lipinski definition) is 5.